The number of likely N-dealkylation sites (N-methyl/N-ethyl adjacent to an activating group) is 1. The molecule has 0 spiro atoms. The minimum Gasteiger partial charge on any atom is -0.344 e. The number of carbonyl (C=O) groups is 2. The van der Waals surface area contributed by atoms with Crippen molar-refractivity contribution in [2.45, 2.75) is 25.3 Å². The second kappa shape index (κ2) is 7.14. The summed E-state index contributed by atoms with van der Waals surface area (Å²) in [4.78, 5) is 28.9. The number of thioether (sulfide) groups is 1. The third-order valence-corrected chi connectivity index (χ3v) is 5.92. The lowest BCUT2D eigenvalue weighted by molar-refractivity contribution is -0.134. The van der Waals surface area contributed by atoms with Gasteiger partial charge in [0.25, 0.3) is 5.91 Å². The Morgan fingerprint density at radius 3 is 2.61 bits per heavy atom. The molecule has 1 atom stereocenters. The van der Waals surface area contributed by atoms with Crippen molar-refractivity contribution in [2.75, 3.05) is 25.2 Å². The van der Waals surface area contributed by atoms with Crippen molar-refractivity contribution in [2.24, 2.45) is 5.92 Å². The van der Waals surface area contributed by atoms with Gasteiger partial charge in [-0.3, -0.25) is 9.59 Å². The largest absolute Gasteiger partial charge is 0.344 e. The van der Waals surface area contributed by atoms with Crippen LogP contribution < -0.4 is 0 Å². The van der Waals surface area contributed by atoms with Crippen molar-refractivity contribution in [1.29, 1.82) is 0 Å². The quantitative estimate of drug-likeness (QED) is 0.836. The Hall–Kier alpha value is -1.20. The van der Waals surface area contributed by atoms with Crippen LogP contribution >= 0.6 is 23.4 Å². The molecule has 1 aromatic rings. The van der Waals surface area contributed by atoms with Crippen molar-refractivity contribution in [3.05, 3.63) is 34.9 Å². The smallest absolute Gasteiger partial charge is 0.255 e. The Bertz CT molecular complexity index is 589. The summed E-state index contributed by atoms with van der Waals surface area (Å²) in [6, 6.07) is 6.49. The fraction of sp³-hybridized carbons (Fsp3) is 0.529. The summed E-state index contributed by atoms with van der Waals surface area (Å²) >= 11 is 7.51. The van der Waals surface area contributed by atoms with E-state index in [-0.39, 0.29) is 17.9 Å². The van der Waals surface area contributed by atoms with Gasteiger partial charge in [0.15, 0.2) is 0 Å². The maximum absolute atomic E-state index is 12.7. The number of benzene rings is 1. The number of halogens is 1. The molecule has 4 nitrogen and oxygen atoms in total. The van der Waals surface area contributed by atoms with Crippen LogP contribution in [0.5, 0.6) is 0 Å². The van der Waals surface area contributed by atoms with Crippen molar-refractivity contribution in [3.63, 3.8) is 0 Å². The summed E-state index contributed by atoms with van der Waals surface area (Å²) in [5.41, 5.74) is 0.580. The molecule has 3 rings (SSSR count). The summed E-state index contributed by atoms with van der Waals surface area (Å²) < 4.78 is 0. The van der Waals surface area contributed by atoms with Crippen LogP contribution in [-0.2, 0) is 4.79 Å². The summed E-state index contributed by atoms with van der Waals surface area (Å²) in [6.07, 6.45) is 3.70. The molecule has 1 saturated heterocycles. The van der Waals surface area contributed by atoms with Gasteiger partial charge in [0.1, 0.15) is 6.04 Å². The fourth-order valence-corrected chi connectivity index (χ4v) is 4.28. The van der Waals surface area contributed by atoms with Gasteiger partial charge in [-0.05, 0) is 43.0 Å². The molecule has 2 amide bonds. The average Bonchev–Trinajstić information content (AvgIpc) is 2.99. The summed E-state index contributed by atoms with van der Waals surface area (Å²) in [7, 11) is 1.86. The first-order chi connectivity index (χ1) is 11.1. The Morgan fingerprint density at radius 2 is 2.00 bits per heavy atom. The molecular weight excluding hydrogens is 332 g/mol. The van der Waals surface area contributed by atoms with E-state index >= 15 is 0 Å². The maximum Gasteiger partial charge on any atom is 0.255 e. The van der Waals surface area contributed by atoms with Crippen LogP contribution in [0, 0.1) is 5.92 Å². The first kappa shape index (κ1) is 16.7. The van der Waals surface area contributed by atoms with E-state index in [1.54, 1.807) is 40.9 Å². The van der Waals surface area contributed by atoms with Gasteiger partial charge in [-0.1, -0.05) is 18.0 Å². The molecule has 2 aliphatic rings. The lowest BCUT2D eigenvalue weighted by atomic mass is 9.85. The van der Waals surface area contributed by atoms with Crippen LogP contribution in [-0.4, -0.2) is 52.9 Å². The predicted molar refractivity (Wildman–Crippen MR) is 93.7 cm³/mol. The van der Waals surface area contributed by atoms with E-state index in [0.29, 0.717) is 28.1 Å². The average molecular weight is 353 g/mol. The maximum atomic E-state index is 12.7. The Kier molecular flexibility index (Phi) is 5.17. The van der Waals surface area contributed by atoms with Crippen LogP contribution in [0.2, 0.25) is 5.02 Å². The van der Waals surface area contributed by atoms with Gasteiger partial charge < -0.3 is 9.80 Å². The predicted octanol–water partition coefficient (Wildman–Crippen LogP) is 3.11. The molecule has 1 aliphatic heterocycles. The van der Waals surface area contributed by atoms with Crippen LogP contribution in [0.1, 0.15) is 29.6 Å². The third-order valence-electron chi connectivity index (χ3n) is 4.65. The number of rotatable bonds is 4. The SMILES string of the molecule is CN(CC1CCC1)C(=O)[C@H]1CSCN1C(=O)c1ccc(Cl)cc1. The molecule has 0 unspecified atom stereocenters. The summed E-state index contributed by atoms with van der Waals surface area (Å²) in [5.74, 6) is 1.84. The Morgan fingerprint density at radius 1 is 1.30 bits per heavy atom. The molecular formula is C17H21ClN2O2S. The first-order valence-electron chi connectivity index (χ1n) is 7.95. The van der Waals surface area contributed by atoms with E-state index in [0.717, 1.165) is 6.54 Å². The molecule has 2 fully saturated rings. The number of hydrogen-bond acceptors (Lipinski definition) is 3. The van der Waals surface area contributed by atoms with Crippen LogP contribution in [0.15, 0.2) is 24.3 Å². The topological polar surface area (TPSA) is 40.6 Å². The van der Waals surface area contributed by atoms with E-state index in [4.69, 9.17) is 11.6 Å². The number of carbonyl (C=O) groups excluding carboxylic acids is 2. The van der Waals surface area contributed by atoms with Crippen molar-refractivity contribution in [1.82, 2.24) is 9.80 Å². The highest BCUT2D eigenvalue weighted by atomic mass is 35.5. The van der Waals surface area contributed by atoms with Gasteiger partial charge in [-0.25, -0.2) is 0 Å². The zero-order chi connectivity index (χ0) is 16.4. The molecule has 23 heavy (non-hydrogen) atoms. The number of nitrogens with zero attached hydrogens (tertiary/aromatic N) is 2. The van der Waals surface area contributed by atoms with Crippen molar-refractivity contribution >= 4 is 35.2 Å². The zero-order valence-corrected chi connectivity index (χ0v) is 14.8. The van der Waals surface area contributed by atoms with Crippen molar-refractivity contribution < 1.29 is 9.59 Å². The van der Waals surface area contributed by atoms with E-state index in [9.17, 15) is 9.59 Å². The Balaban J connectivity index is 1.67. The normalized spacial score (nSPS) is 21.1. The second-order valence-corrected chi connectivity index (χ2v) is 7.75. The molecule has 0 aromatic heterocycles. The van der Waals surface area contributed by atoms with Crippen LogP contribution in [0.4, 0.5) is 0 Å². The highest BCUT2D eigenvalue weighted by Gasteiger charge is 2.37. The van der Waals surface area contributed by atoms with Crippen LogP contribution in [0.25, 0.3) is 0 Å². The molecule has 1 saturated carbocycles. The summed E-state index contributed by atoms with van der Waals surface area (Å²) in [5, 5.41) is 0.602. The van der Waals surface area contributed by atoms with Gasteiger partial charge >= 0.3 is 0 Å². The molecule has 0 radical (unpaired) electrons. The van der Waals surface area contributed by atoms with Gasteiger partial charge in [0, 0.05) is 29.9 Å². The van der Waals surface area contributed by atoms with Gasteiger partial charge in [-0.2, -0.15) is 0 Å². The standard InChI is InChI=1S/C17H21ClN2O2S/c1-19(9-12-3-2-4-12)17(22)15-10-23-11-20(15)16(21)13-5-7-14(18)8-6-13/h5-8,12,15H,2-4,9-11H2,1H3/t15-/m1/s1. The minimum atomic E-state index is -0.353. The second-order valence-electron chi connectivity index (χ2n) is 6.31. The monoisotopic (exact) mass is 352 g/mol. The van der Waals surface area contributed by atoms with Gasteiger partial charge in [-0.15, -0.1) is 11.8 Å². The lowest BCUT2D eigenvalue weighted by Crippen LogP contribution is -2.49. The minimum absolute atomic E-state index is 0.0595. The third kappa shape index (κ3) is 3.66. The first-order valence-corrected chi connectivity index (χ1v) is 9.49. The molecule has 6 heteroatoms. The fourth-order valence-electron chi connectivity index (χ4n) is 3.01. The van der Waals surface area contributed by atoms with Crippen LogP contribution in [0.3, 0.4) is 0 Å². The van der Waals surface area contributed by atoms with E-state index in [1.165, 1.54) is 19.3 Å². The van der Waals surface area contributed by atoms with E-state index in [2.05, 4.69) is 0 Å². The molecule has 0 N–H and O–H groups in total. The number of hydrogen-bond donors (Lipinski definition) is 0. The zero-order valence-electron chi connectivity index (χ0n) is 13.2. The molecule has 1 heterocycles. The van der Waals surface area contributed by atoms with Crippen molar-refractivity contribution in [3.8, 4) is 0 Å². The molecule has 0 bridgehead atoms. The Labute approximate surface area is 146 Å². The van der Waals surface area contributed by atoms with E-state index in [1.807, 2.05) is 11.9 Å². The molecule has 1 aliphatic carbocycles. The number of amides is 2. The van der Waals surface area contributed by atoms with Gasteiger partial charge in [0.05, 0.1) is 5.88 Å². The highest BCUT2D eigenvalue weighted by Crippen LogP contribution is 2.29. The molecule has 1 aromatic carbocycles. The highest BCUT2D eigenvalue weighted by molar-refractivity contribution is 7.99. The van der Waals surface area contributed by atoms with Gasteiger partial charge in [0.2, 0.25) is 5.91 Å². The molecule has 124 valence electrons. The lowest BCUT2D eigenvalue weighted by Gasteiger charge is -2.33. The van der Waals surface area contributed by atoms with E-state index < -0.39 is 0 Å². The summed E-state index contributed by atoms with van der Waals surface area (Å²) in [6.45, 7) is 0.809.